The Labute approximate surface area is 128 Å². The molecule has 2 N–H and O–H groups in total. The van der Waals surface area contributed by atoms with Crippen molar-refractivity contribution >= 4 is 11.7 Å². The zero-order valence-electron chi connectivity index (χ0n) is 11.9. The quantitative estimate of drug-likeness (QED) is 0.802. The number of hydrogen-bond donors (Lipinski definition) is 1. The lowest BCUT2D eigenvalue weighted by Gasteiger charge is -2.16. The predicted molar refractivity (Wildman–Crippen MR) is 75.7 cm³/mol. The highest BCUT2D eigenvalue weighted by atomic mass is 19.4. The van der Waals surface area contributed by atoms with Crippen LogP contribution in [0.25, 0.3) is 5.78 Å². The summed E-state index contributed by atoms with van der Waals surface area (Å²) in [5.41, 5.74) is 5.33. The third kappa shape index (κ3) is 3.03. The van der Waals surface area contributed by atoms with Crippen molar-refractivity contribution in [2.24, 2.45) is 0 Å². The van der Waals surface area contributed by atoms with Crippen LogP contribution in [-0.2, 0) is 6.18 Å². The number of halogens is 3. The highest BCUT2D eigenvalue weighted by Crippen LogP contribution is 2.32. The minimum atomic E-state index is -4.42. The fraction of sp³-hybridized carbons (Fsp3) is 0.214. The van der Waals surface area contributed by atoms with Gasteiger partial charge in [0, 0.05) is 6.20 Å². The number of rotatable bonds is 3. The minimum absolute atomic E-state index is 0.0521. The van der Waals surface area contributed by atoms with Gasteiger partial charge >= 0.3 is 6.18 Å². The van der Waals surface area contributed by atoms with Gasteiger partial charge in [0.25, 0.3) is 5.78 Å². The molecule has 0 bridgehead atoms. The molecule has 0 saturated carbocycles. The summed E-state index contributed by atoms with van der Waals surface area (Å²) in [5.74, 6) is 0.445. The van der Waals surface area contributed by atoms with Gasteiger partial charge in [0.2, 0.25) is 5.95 Å². The van der Waals surface area contributed by atoms with Gasteiger partial charge in [0.05, 0.1) is 11.3 Å². The van der Waals surface area contributed by atoms with E-state index in [4.69, 9.17) is 10.5 Å². The topological polar surface area (TPSA) is 78.3 Å². The molecule has 0 radical (unpaired) electrons. The van der Waals surface area contributed by atoms with Gasteiger partial charge in [-0.15, -0.1) is 5.10 Å². The minimum Gasteiger partial charge on any atom is -0.484 e. The summed E-state index contributed by atoms with van der Waals surface area (Å²) in [7, 11) is 0. The molecule has 1 aromatic carbocycles. The number of aromatic nitrogens is 4. The summed E-state index contributed by atoms with van der Waals surface area (Å²) in [6, 6.07) is 6.32. The number of nitrogens with zero attached hydrogens (tertiary/aromatic N) is 4. The predicted octanol–water partition coefficient (Wildman–Crippen LogP) is 2.87. The van der Waals surface area contributed by atoms with E-state index in [-0.39, 0.29) is 11.7 Å². The molecule has 0 aliphatic heterocycles. The molecule has 0 aliphatic carbocycles. The maximum absolute atomic E-state index is 12.7. The third-order valence-corrected chi connectivity index (χ3v) is 3.18. The molecule has 0 spiro atoms. The monoisotopic (exact) mass is 323 g/mol. The number of ether oxygens (including phenoxy) is 1. The Morgan fingerprint density at radius 3 is 2.78 bits per heavy atom. The second-order valence-electron chi connectivity index (χ2n) is 4.84. The molecule has 0 saturated heterocycles. The lowest BCUT2D eigenvalue weighted by atomic mass is 10.2. The largest absolute Gasteiger partial charge is 0.484 e. The zero-order chi connectivity index (χ0) is 16.6. The smallest absolute Gasteiger partial charge is 0.416 e. The SMILES string of the molecule is C[C@@H](Oc1cccc(C(F)(F)F)c1)c1ccnc2nc(N)nn12. The molecule has 0 unspecified atom stereocenters. The van der Waals surface area contributed by atoms with Gasteiger partial charge in [-0.25, -0.2) is 4.98 Å². The van der Waals surface area contributed by atoms with Gasteiger partial charge in [0.15, 0.2) is 0 Å². The molecular weight excluding hydrogens is 311 g/mol. The lowest BCUT2D eigenvalue weighted by Crippen LogP contribution is -2.11. The Morgan fingerprint density at radius 1 is 1.26 bits per heavy atom. The third-order valence-electron chi connectivity index (χ3n) is 3.18. The van der Waals surface area contributed by atoms with Crippen LogP contribution in [0.15, 0.2) is 36.5 Å². The summed E-state index contributed by atoms with van der Waals surface area (Å²) < 4.78 is 45.2. The summed E-state index contributed by atoms with van der Waals surface area (Å²) >= 11 is 0. The summed E-state index contributed by atoms with van der Waals surface area (Å²) in [5, 5.41) is 3.99. The van der Waals surface area contributed by atoms with Crippen LogP contribution in [0.4, 0.5) is 19.1 Å². The van der Waals surface area contributed by atoms with E-state index in [9.17, 15) is 13.2 Å². The molecule has 0 fully saturated rings. The molecule has 6 nitrogen and oxygen atoms in total. The van der Waals surface area contributed by atoms with Crippen molar-refractivity contribution in [2.75, 3.05) is 5.73 Å². The Balaban J connectivity index is 1.90. The number of anilines is 1. The van der Waals surface area contributed by atoms with Gasteiger partial charge in [-0.1, -0.05) is 6.07 Å². The summed E-state index contributed by atoms with van der Waals surface area (Å²) in [6.45, 7) is 1.69. The molecule has 3 rings (SSSR count). The number of nitrogen functional groups attached to an aromatic ring is 1. The number of benzene rings is 1. The first-order valence-electron chi connectivity index (χ1n) is 6.65. The number of alkyl halides is 3. The fourth-order valence-electron chi connectivity index (χ4n) is 2.14. The highest BCUT2D eigenvalue weighted by molar-refractivity contribution is 5.36. The molecule has 1 atom stereocenters. The Morgan fingerprint density at radius 2 is 2.04 bits per heavy atom. The first kappa shape index (κ1) is 15.1. The van der Waals surface area contributed by atoms with E-state index in [0.29, 0.717) is 11.5 Å². The van der Waals surface area contributed by atoms with Crippen molar-refractivity contribution in [1.29, 1.82) is 0 Å². The van der Waals surface area contributed by atoms with Crippen molar-refractivity contribution in [3.05, 3.63) is 47.8 Å². The summed E-state index contributed by atoms with van der Waals surface area (Å²) in [6.07, 6.45) is -3.50. The lowest BCUT2D eigenvalue weighted by molar-refractivity contribution is -0.137. The number of nitrogens with two attached hydrogens (primary N) is 1. The van der Waals surface area contributed by atoms with Gasteiger partial charge in [0.1, 0.15) is 11.9 Å². The van der Waals surface area contributed by atoms with E-state index < -0.39 is 17.8 Å². The molecule has 2 aromatic heterocycles. The second kappa shape index (κ2) is 5.41. The number of fused-ring (bicyclic) bond motifs is 1. The fourth-order valence-corrected chi connectivity index (χ4v) is 2.14. The number of hydrogen-bond acceptors (Lipinski definition) is 5. The highest BCUT2D eigenvalue weighted by Gasteiger charge is 2.30. The van der Waals surface area contributed by atoms with E-state index in [2.05, 4.69) is 15.1 Å². The van der Waals surface area contributed by atoms with Crippen LogP contribution in [0.5, 0.6) is 5.75 Å². The van der Waals surface area contributed by atoms with Crippen molar-refractivity contribution in [1.82, 2.24) is 19.6 Å². The second-order valence-corrected chi connectivity index (χ2v) is 4.84. The van der Waals surface area contributed by atoms with Gasteiger partial charge in [-0.2, -0.15) is 22.7 Å². The van der Waals surface area contributed by atoms with Gasteiger partial charge in [-0.05, 0) is 31.2 Å². The Kier molecular flexibility index (Phi) is 3.55. The van der Waals surface area contributed by atoms with Crippen LogP contribution in [0.3, 0.4) is 0 Å². The molecule has 3 aromatic rings. The zero-order valence-corrected chi connectivity index (χ0v) is 11.9. The average Bonchev–Trinajstić information content (AvgIpc) is 2.86. The molecule has 9 heteroatoms. The van der Waals surface area contributed by atoms with Crippen LogP contribution in [0.1, 0.15) is 24.3 Å². The van der Waals surface area contributed by atoms with Crippen molar-refractivity contribution in [3.8, 4) is 5.75 Å². The first-order valence-corrected chi connectivity index (χ1v) is 6.65. The molecular formula is C14H12F3N5O. The first-order chi connectivity index (χ1) is 10.8. The van der Waals surface area contributed by atoms with E-state index >= 15 is 0 Å². The maximum atomic E-state index is 12.7. The van der Waals surface area contributed by atoms with Crippen LogP contribution in [-0.4, -0.2) is 19.6 Å². The van der Waals surface area contributed by atoms with E-state index in [1.54, 1.807) is 13.0 Å². The molecule has 0 aliphatic rings. The van der Waals surface area contributed by atoms with E-state index in [1.165, 1.54) is 22.8 Å². The van der Waals surface area contributed by atoms with Gasteiger partial charge in [-0.3, -0.25) is 0 Å². The average molecular weight is 323 g/mol. The Bertz CT molecular complexity index is 846. The molecule has 0 amide bonds. The van der Waals surface area contributed by atoms with Crippen LogP contribution in [0.2, 0.25) is 0 Å². The van der Waals surface area contributed by atoms with E-state index in [0.717, 1.165) is 12.1 Å². The normalized spacial score (nSPS) is 13.2. The van der Waals surface area contributed by atoms with Crippen molar-refractivity contribution in [2.45, 2.75) is 19.2 Å². The van der Waals surface area contributed by atoms with E-state index in [1.807, 2.05) is 0 Å². The molecule has 23 heavy (non-hydrogen) atoms. The van der Waals surface area contributed by atoms with Crippen LogP contribution in [0, 0.1) is 0 Å². The summed E-state index contributed by atoms with van der Waals surface area (Å²) in [4.78, 5) is 7.93. The molecule has 2 heterocycles. The van der Waals surface area contributed by atoms with Crippen molar-refractivity contribution < 1.29 is 17.9 Å². The Hall–Kier alpha value is -2.84. The maximum Gasteiger partial charge on any atom is 0.416 e. The molecule has 120 valence electrons. The van der Waals surface area contributed by atoms with Crippen molar-refractivity contribution in [3.63, 3.8) is 0 Å². The van der Waals surface area contributed by atoms with Gasteiger partial charge < -0.3 is 10.5 Å². The standard InChI is InChI=1S/C14H12F3N5O/c1-8(11-5-6-19-13-20-12(18)21-22(11)13)23-10-4-2-3-9(7-10)14(15,16)17/h2-8H,1H3,(H2,18,21)/t8-/m1/s1. The van der Waals surface area contributed by atoms with Crippen LogP contribution >= 0.6 is 0 Å². The van der Waals surface area contributed by atoms with Crippen LogP contribution < -0.4 is 10.5 Å².